The van der Waals surface area contributed by atoms with Crippen molar-refractivity contribution in [3.63, 3.8) is 0 Å². The Hall–Kier alpha value is -1.65. The molecule has 0 unspecified atom stereocenters. The van der Waals surface area contributed by atoms with Crippen LogP contribution in [0.2, 0.25) is 0 Å². The maximum atomic E-state index is 11.4. The SMILES string of the molecule is COC(=O)[C@H]1CC[C@@H](Nc2cc(C)ncn2)C1. The zero-order chi connectivity index (χ0) is 12.3. The van der Waals surface area contributed by atoms with Crippen LogP contribution in [0.25, 0.3) is 0 Å². The molecular weight excluding hydrogens is 218 g/mol. The molecule has 1 aromatic heterocycles. The van der Waals surface area contributed by atoms with Crippen LogP contribution in [0, 0.1) is 12.8 Å². The molecule has 1 aromatic rings. The van der Waals surface area contributed by atoms with Crippen molar-refractivity contribution in [1.82, 2.24) is 9.97 Å². The van der Waals surface area contributed by atoms with E-state index in [1.165, 1.54) is 7.11 Å². The van der Waals surface area contributed by atoms with Crippen molar-refractivity contribution in [3.05, 3.63) is 18.1 Å². The third kappa shape index (κ3) is 2.93. The number of methoxy groups -OCH3 is 1. The van der Waals surface area contributed by atoms with Crippen LogP contribution in [0.3, 0.4) is 0 Å². The van der Waals surface area contributed by atoms with E-state index >= 15 is 0 Å². The molecule has 0 radical (unpaired) electrons. The smallest absolute Gasteiger partial charge is 0.308 e. The van der Waals surface area contributed by atoms with Gasteiger partial charge in [-0.25, -0.2) is 9.97 Å². The third-order valence-electron chi connectivity index (χ3n) is 3.12. The predicted octanol–water partition coefficient (Wildman–Crippen LogP) is 1.54. The molecule has 0 saturated heterocycles. The molecule has 1 N–H and O–H groups in total. The van der Waals surface area contributed by atoms with Gasteiger partial charge in [-0.15, -0.1) is 0 Å². The van der Waals surface area contributed by atoms with Gasteiger partial charge in [-0.05, 0) is 26.2 Å². The fourth-order valence-corrected chi connectivity index (χ4v) is 2.24. The van der Waals surface area contributed by atoms with Crippen LogP contribution in [0.5, 0.6) is 0 Å². The van der Waals surface area contributed by atoms with Gasteiger partial charge < -0.3 is 10.1 Å². The minimum atomic E-state index is -0.104. The Morgan fingerprint density at radius 3 is 3.00 bits per heavy atom. The number of aryl methyl sites for hydroxylation is 1. The molecule has 1 saturated carbocycles. The van der Waals surface area contributed by atoms with Crippen LogP contribution >= 0.6 is 0 Å². The number of nitrogens with one attached hydrogen (secondary N) is 1. The van der Waals surface area contributed by atoms with Gasteiger partial charge in [-0.3, -0.25) is 4.79 Å². The average molecular weight is 235 g/mol. The highest BCUT2D eigenvalue weighted by Gasteiger charge is 2.30. The Kier molecular flexibility index (Phi) is 3.56. The fourth-order valence-electron chi connectivity index (χ4n) is 2.24. The van der Waals surface area contributed by atoms with Crippen LogP contribution in [0.15, 0.2) is 12.4 Å². The molecule has 17 heavy (non-hydrogen) atoms. The first-order chi connectivity index (χ1) is 8.19. The second kappa shape index (κ2) is 5.12. The summed E-state index contributed by atoms with van der Waals surface area (Å²) in [6.07, 6.45) is 4.22. The summed E-state index contributed by atoms with van der Waals surface area (Å²) in [5, 5.41) is 3.33. The number of hydrogen-bond donors (Lipinski definition) is 1. The highest BCUT2D eigenvalue weighted by atomic mass is 16.5. The first-order valence-corrected chi connectivity index (χ1v) is 5.82. The van der Waals surface area contributed by atoms with Gasteiger partial charge in [0.2, 0.25) is 0 Å². The molecule has 0 aromatic carbocycles. The predicted molar refractivity (Wildman–Crippen MR) is 63.5 cm³/mol. The quantitative estimate of drug-likeness (QED) is 0.805. The lowest BCUT2D eigenvalue weighted by atomic mass is 10.1. The maximum absolute atomic E-state index is 11.4. The number of nitrogens with zero attached hydrogens (tertiary/aromatic N) is 2. The molecule has 0 bridgehead atoms. The molecule has 5 heteroatoms. The number of carbonyl (C=O) groups excluding carboxylic acids is 1. The Morgan fingerprint density at radius 1 is 1.47 bits per heavy atom. The summed E-state index contributed by atoms with van der Waals surface area (Å²) in [4.78, 5) is 19.6. The summed E-state index contributed by atoms with van der Waals surface area (Å²) in [7, 11) is 1.44. The average Bonchev–Trinajstić information content (AvgIpc) is 2.76. The molecule has 1 fully saturated rings. The first kappa shape index (κ1) is 11.8. The van der Waals surface area contributed by atoms with Gasteiger partial charge in [-0.2, -0.15) is 0 Å². The first-order valence-electron chi connectivity index (χ1n) is 5.82. The summed E-state index contributed by atoms with van der Waals surface area (Å²) >= 11 is 0. The monoisotopic (exact) mass is 235 g/mol. The number of hydrogen-bond acceptors (Lipinski definition) is 5. The van der Waals surface area contributed by atoms with Crippen molar-refractivity contribution in [1.29, 1.82) is 0 Å². The highest BCUT2D eigenvalue weighted by molar-refractivity contribution is 5.72. The molecule has 1 heterocycles. The second-order valence-electron chi connectivity index (χ2n) is 4.42. The van der Waals surface area contributed by atoms with Gasteiger partial charge in [0.25, 0.3) is 0 Å². The summed E-state index contributed by atoms with van der Waals surface area (Å²) in [5.41, 5.74) is 0.935. The number of ether oxygens (including phenoxy) is 1. The molecule has 0 aliphatic heterocycles. The van der Waals surface area contributed by atoms with E-state index in [9.17, 15) is 4.79 Å². The van der Waals surface area contributed by atoms with Crippen LogP contribution in [0.4, 0.5) is 5.82 Å². The Morgan fingerprint density at radius 2 is 2.29 bits per heavy atom. The normalized spacial score (nSPS) is 23.4. The zero-order valence-electron chi connectivity index (χ0n) is 10.1. The van der Waals surface area contributed by atoms with Gasteiger partial charge in [0.15, 0.2) is 0 Å². The van der Waals surface area contributed by atoms with E-state index in [2.05, 4.69) is 15.3 Å². The molecule has 1 aliphatic rings. The van der Waals surface area contributed by atoms with Crippen molar-refractivity contribution in [3.8, 4) is 0 Å². The van der Waals surface area contributed by atoms with Crippen molar-refractivity contribution in [2.24, 2.45) is 5.92 Å². The molecule has 5 nitrogen and oxygen atoms in total. The van der Waals surface area contributed by atoms with Gasteiger partial charge in [0, 0.05) is 17.8 Å². The van der Waals surface area contributed by atoms with Crippen LogP contribution in [0.1, 0.15) is 25.0 Å². The molecule has 0 amide bonds. The Balaban J connectivity index is 1.92. The lowest BCUT2D eigenvalue weighted by Gasteiger charge is -2.13. The van der Waals surface area contributed by atoms with Crippen LogP contribution in [-0.4, -0.2) is 29.1 Å². The topological polar surface area (TPSA) is 64.1 Å². The maximum Gasteiger partial charge on any atom is 0.308 e. The molecule has 92 valence electrons. The zero-order valence-corrected chi connectivity index (χ0v) is 10.1. The van der Waals surface area contributed by atoms with Gasteiger partial charge in [-0.1, -0.05) is 0 Å². The molecular formula is C12H17N3O2. The standard InChI is InChI=1S/C12H17N3O2/c1-8-5-11(14-7-13-8)15-10-4-3-9(6-10)12(16)17-2/h5,7,9-10H,3-4,6H2,1-2H3,(H,13,14,15)/t9-,10+/m0/s1. The number of anilines is 1. The summed E-state index contributed by atoms with van der Waals surface area (Å²) in [6, 6.07) is 2.21. The third-order valence-corrected chi connectivity index (χ3v) is 3.12. The molecule has 0 spiro atoms. The van der Waals surface area contributed by atoms with E-state index in [4.69, 9.17) is 4.74 Å². The molecule has 2 atom stereocenters. The minimum Gasteiger partial charge on any atom is -0.469 e. The lowest BCUT2D eigenvalue weighted by molar-refractivity contribution is -0.145. The minimum absolute atomic E-state index is 0.0282. The van der Waals surface area contributed by atoms with E-state index in [-0.39, 0.29) is 11.9 Å². The number of aromatic nitrogens is 2. The van der Waals surface area contributed by atoms with Crippen LogP contribution < -0.4 is 5.32 Å². The Labute approximate surface area is 101 Å². The van der Waals surface area contributed by atoms with Crippen molar-refractivity contribution in [2.75, 3.05) is 12.4 Å². The summed E-state index contributed by atoms with van der Waals surface area (Å²) in [5.74, 6) is 0.751. The van der Waals surface area contributed by atoms with Crippen LogP contribution in [-0.2, 0) is 9.53 Å². The number of esters is 1. The highest BCUT2D eigenvalue weighted by Crippen LogP contribution is 2.28. The number of carbonyl (C=O) groups is 1. The van der Waals surface area contributed by atoms with Crippen molar-refractivity contribution < 1.29 is 9.53 Å². The van der Waals surface area contributed by atoms with E-state index in [0.717, 1.165) is 30.8 Å². The molecule has 1 aliphatic carbocycles. The van der Waals surface area contributed by atoms with Gasteiger partial charge >= 0.3 is 5.97 Å². The largest absolute Gasteiger partial charge is 0.469 e. The van der Waals surface area contributed by atoms with Crippen molar-refractivity contribution in [2.45, 2.75) is 32.2 Å². The second-order valence-corrected chi connectivity index (χ2v) is 4.42. The number of rotatable bonds is 3. The van der Waals surface area contributed by atoms with Gasteiger partial charge in [0.05, 0.1) is 13.0 Å². The lowest BCUT2D eigenvalue weighted by Crippen LogP contribution is -2.19. The van der Waals surface area contributed by atoms with E-state index < -0.39 is 0 Å². The van der Waals surface area contributed by atoms with E-state index in [1.807, 2.05) is 13.0 Å². The molecule has 2 rings (SSSR count). The fraction of sp³-hybridized carbons (Fsp3) is 0.583. The van der Waals surface area contributed by atoms with E-state index in [0.29, 0.717) is 6.04 Å². The summed E-state index contributed by atoms with van der Waals surface area (Å²) < 4.78 is 4.76. The van der Waals surface area contributed by atoms with Gasteiger partial charge in [0.1, 0.15) is 12.1 Å². The van der Waals surface area contributed by atoms with Crippen molar-refractivity contribution >= 4 is 11.8 Å². The van der Waals surface area contributed by atoms with E-state index in [1.54, 1.807) is 6.33 Å². The Bertz CT molecular complexity index is 408. The summed E-state index contributed by atoms with van der Waals surface area (Å²) in [6.45, 7) is 1.93.